The van der Waals surface area contributed by atoms with Gasteiger partial charge in [-0.25, -0.2) is 0 Å². The fourth-order valence-corrected chi connectivity index (χ4v) is 4.94. The van der Waals surface area contributed by atoms with Gasteiger partial charge in [0, 0.05) is 21.5 Å². The van der Waals surface area contributed by atoms with E-state index in [1.165, 1.54) is 73.1 Å². The van der Waals surface area contributed by atoms with E-state index >= 15 is 0 Å². The molecule has 3 aromatic carbocycles. The Hall–Kier alpha value is -2.22. The third-order valence-electron chi connectivity index (χ3n) is 6.71. The molecule has 0 aliphatic rings. The lowest BCUT2D eigenvalue weighted by Crippen LogP contribution is -2.09. The molecular formula is C33H48O2. The summed E-state index contributed by atoms with van der Waals surface area (Å²) >= 11 is 0. The van der Waals surface area contributed by atoms with Crippen molar-refractivity contribution in [1.82, 2.24) is 0 Å². The molecule has 0 spiro atoms. The first-order valence-corrected chi connectivity index (χ1v) is 14.2. The van der Waals surface area contributed by atoms with E-state index in [2.05, 4.69) is 77.1 Å². The van der Waals surface area contributed by atoms with Crippen LogP contribution in [0.4, 0.5) is 0 Å². The number of unbranched alkanes of at least 4 members (excludes halogenated alkanes) is 8. The van der Waals surface area contributed by atoms with Crippen LogP contribution >= 0.6 is 0 Å². The SMILES string of the molecule is CCCCCCCOc1c2ccccc2c(OCCCCCCC)c2cc(CC(C)(C)C)ccc12. The quantitative estimate of drug-likeness (QED) is 0.160. The van der Waals surface area contributed by atoms with E-state index in [1.807, 2.05) is 0 Å². The van der Waals surface area contributed by atoms with Gasteiger partial charge in [0.1, 0.15) is 11.5 Å². The summed E-state index contributed by atoms with van der Waals surface area (Å²) in [4.78, 5) is 0. The van der Waals surface area contributed by atoms with Gasteiger partial charge >= 0.3 is 0 Å². The molecule has 0 bridgehead atoms. The first-order valence-electron chi connectivity index (χ1n) is 14.2. The maximum atomic E-state index is 6.57. The van der Waals surface area contributed by atoms with Crippen LogP contribution in [-0.4, -0.2) is 13.2 Å². The molecule has 192 valence electrons. The average molecular weight is 477 g/mol. The van der Waals surface area contributed by atoms with E-state index in [4.69, 9.17) is 9.47 Å². The van der Waals surface area contributed by atoms with Crippen LogP contribution in [0.2, 0.25) is 0 Å². The van der Waals surface area contributed by atoms with Crippen molar-refractivity contribution < 1.29 is 9.47 Å². The minimum atomic E-state index is 0.239. The highest BCUT2D eigenvalue weighted by molar-refractivity contribution is 6.11. The molecule has 0 saturated carbocycles. The summed E-state index contributed by atoms with van der Waals surface area (Å²) in [5, 5.41) is 4.71. The fraction of sp³-hybridized carbons (Fsp3) is 0.576. The minimum absolute atomic E-state index is 0.239. The summed E-state index contributed by atoms with van der Waals surface area (Å²) in [6.45, 7) is 13.0. The van der Waals surface area contributed by atoms with Crippen LogP contribution in [0.3, 0.4) is 0 Å². The van der Waals surface area contributed by atoms with E-state index < -0.39 is 0 Å². The van der Waals surface area contributed by atoms with Crippen molar-refractivity contribution in [1.29, 1.82) is 0 Å². The van der Waals surface area contributed by atoms with E-state index in [0.717, 1.165) is 49.4 Å². The highest BCUT2D eigenvalue weighted by Crippen LogP contribution is 2.43. The summed E-state index contributed by atoms with van der Waals surface area (Å²) in [6, 6.07) is 15.5. The molecule has 3 aromatic rings. The summed E-state index contributed by atoms with van der Waals surface area (Å²) in [5.41, 5.74) is 1.60. The predicted molar refractivity (Wildman–Crippen MR) is 153 cm³/mol. The zero-order valence-corrected chi connectivity index (χ0v) is 23.1. The molecule has 0 aliphatic carbocycles. The maximum absolute atomic E-state index is 6.57. The third-order valence-corrected chi connectivity index (χ3v) is 6.71. The van der Waals surface area contributed by atoms with Crippen molar-refractivity contribution in [2.75, 3.05) is 13.2 Å². The first kappa shape index (κ1) is 27.4. The number of ether oxygens (including phenoxy) is 2. The van der Waals surface area contributed by atoms with Gasteiger partial charge in [0.05, 0.1) is 13.2 Å². The Labute approximate surface area is 214 Å². The molecule has 0 heterocycles. The highest BCUT2D eigenvalue weighted by atomic mass is 16.5. The molecule has 0 atom stereocenters. The summed E-state index contributed by atoms with van der Waals surface area (Å²) in [7, 11) is 0. The molecule has 3 rings (SSSR count). The van der Waals surface area contributed by atoms with Crippen molar-refractivity contribution in [3.8, 4) is 11.5 Å². The lowest BCUT2D eigenvalue weighted by atomic mass is 9.87. The van der Waals surface area contributed by atoms with Crippen molar-refractivity contribution in [3.05, 3.63) is 48.0 Å². The number of fused-ring (bicyclic) bond motifs is 2. The summed E-state index contributed by atoms with van der Waals surface area (Å²) in [6.07, 6.45) is 13.5. The van der Waals surface area contributed by atoms with Gasteiger partial charge in [-0.15, -0.1) is 0 Å². The Kier molecular flexibility index (Phi) is 10.8. The van der Waals surface area contributed by atoms with Gasteiger partial charge in [-0.05, 0) is 36.3 Å². The zero-order valence-electron chi connectivity index (χ0n) is 23.1. The van der Waals surface area contributed by atoms with Gasteiger partial charge in [-0.1, -0.05) is 122 Å². The van der Waals surface area contributed by atoms with E-state index in [1.54, 1.807) is 0 Å². The van der Waals surface area contributed by atoms with Crippen LogP contribution in [0, 0.1) is 5.41 Å². The van der Waals surface area contributed by atoms with E-state index in [9.17, 15) is 0 Å². The normalized spacial score (nSPS) is 11.9. The second kappa shape index (κ2) is 13.8. The van der Waals surface area contributed by atoms with Gasteiger partial charge in [-0.2, -0.15) is 0 Å². The van der Waals surface area contributed by atoms with Crippen LogP contribution in [0.25, 0.3) is 21.5 Å². The number of hydrogen-bond donors (Lipinski definition) is 0. The molecule has 2 heteroatoms. The predicted octanol–water partition coefficient (Wildman–Crippen LogP) is 10.3. The smallest absolute Gasteiger partial charge is 0.135 e. The maximum Gasteiger partial charge on any atom is 0.135 e. The molecule has 0 aliphatic heterocycles. The minimum Gasteiger partial charge on any atom is -0.492 e. The molecule has 0 aromatic heterocycles. The number of benzene rings is 3. The van der Waals surface area contributed by atoms with Gasteiger partial charge in [0.15, 0.2) is 0 Å². The van der Waals surface area contributed by atoms with E-state index in [-0.39, 0.29) is 5.41 Å². The lowest BCUT2D eigenvalue weighted by Gasteiger charge is -2.21. The second-order valence-electron chi connectivity index (χ2n) is 11.3. The van der Waals surface area contributed by atoms with Crippen LogP contribution < -0.4 is 9.47 Å². The largest absolute Gasteiger partial charge is 0.492 e. The Bertz CT molecular complexity index is 1040. The number of hydrogen-bond acceptors (Lipinski definition) is 2. The first-order chi connectivity index (χ1) is 16.9. The van der Waals surface area contributed by atoms with E-state index in [0.29, 0.717) is 0 Å². The summed E-state index contributed by atoms with van der Waals surface area (Å²) < 4.78 is 13.1. The summed E-state index contributed by atoms with van der Waals surface area (Å²) in [5.74, 6) is 2.04. The van der Waals surface area contributed by atoms with Crippen LogP contribution in [0.15, 0.2) is 42.5 Å². The molecule has 0 N–H and O–H groups in total. The monoisotopic (exact) mass is 476 g/mol. The Morgan fingerprint density at radius 2 is 1.06 bits per heavy atom. The van der Waals surface area contributed by atoms with Gasteiger partial charge in [0.2, 0.25) is 0 Å². The highest BCUT2D eigenvalue weighted by Gasteiger charge is 2.18. The molecule has 0 fully saturated rings. The fourth-order valence-electron chi connectivity index (χ4n) is 4.94. The van der Waals surface area contributed by atoms with Crippen molar-refractivity contribution in [2.24, 2.45) is 5.41 Å². The Morgan fingerprint density at radius 3 is 1.57 bits per heavy atom. The van der Waals surface area contributed by atoms with Crippen molar-refractivity contribution in [3.63, 3.8) is 0 Å². The van der Waals surface area contributed by atoms with Crippen LogP contribution in [0.1, 0.15) is 104 Å². The molecule has 35 heavy (non-hydrogen) atoms. The zero-order chi connectivity index (χ0) is 25.1. The Balaban J connectivity index is 1.96. The van der Waals surface area contributed by atoms with Crippen molar-refractivity contribution in [2.45, 2.75) is 105 Å². The topological polar surface area (TPSA) is 18.5 Å². The Morgan fingerprint density at radius 1 is 0.571 bits per heavy atom. The van der Waals surface area contributed by atoms with Crippen LogP contribution in [-0.2, 0) is 6.42 Å². The van der Waals surface area contributed by atoms with Gasteiger partial charge in [-0.3, -0.25) is 0 Å². The van der Waals surface area contributed by atoms with Gasteiger partial charge < -0.3 is 9.47 Å². The van der Waals surface area contributed by atoms with Crippen LogP contribution in [0.5, 0.6) is 11.5 Å². The number of rotatable bonds is 15. The molecule has 0 saturated heterocycles. The average Bonchev–Trinajstić information content (AvgIpc) is 2.83. The lowest BCUT2D eigenvalue weighted by molar-refractivity contribution is 0.306. The molecular weight excluding hydrogens is 428 g/mol. The van der Waals surface area contributed by atoms with Crippen molar-refractivity contribution >= 4 is 21.5 Å². The third kappa shape index (κ3) is 8.16. The standard InChI is InChI=1S/C33H48O2/c1-6-8-10-12-16-22-34-31-27-18-14-15-19-28(27)32(35-23-17-13-11-9-7-2)30-24-26(20-21-29(30)31)25-33(3,4)5/h14-15,18-21,24H,6-13,16-17,22-23,25H2,1-5H3. The second-order valence-corrected chi connectivity index (χ2v) is 11.3. The molecule has 0 unspecified atom stereocenters. The molecule has 2 nitrogen and oxygen atoms in total. The molecule has 0 amide bonds. The van der Waals surface area contributed by atoms with Gasteiger partial charge in [0.25, 0.3) is 0 Å². The molecule has 0 radical (unpaired) electrons.